The van der Waals surface area contributed by atoms with Crippen LogP contribution in [0, 0.1) is 0 Å². The minimum Gasteiger partial charge on any atom is -0.380 e. The van der Waals surface area contributed by atoms with Gasteiger partial charge in [-0.15, -0.1) is 0 Å². The minimum atomic E-state index is 0.718. The molecule has 0 fully saturated rings. The predicted octanol–water partition coefficient (Wildman–Crippen LogP) is 6.01. The molecule has 0 radical (unpaired) electrons. The maximum atomic E-state index is 6.31. The van der Waals surface area contributed by atoms with E-state index in [1.807, 2.05) is 54.6 Å². The maximum Gasteiger partial charge on any atom is 0.0484 e. The van der Waals surface area contributed by atoms with Gasteiger partial charge in [0, 0.05) is 28.4 Å². The molecule has 0 heterocycles. The summed E-state index contributed by atoms with van der Waals surface area (Å²) in [5.41, 5.74) is 5.25. The number of hydrogen-bond acceptors (Lipinski definition) is 1. The summed E-state index contributed by atoms with van der Waals surface area (Å²) in [5.74, 6) is 0. The zero-order valence-electron chi connectivity index (χ0n) is 12.8. The summed E-state index contributed by atoms with van der Waals surface area (Å²) in [5, 5.41) is 4.21. The van der Waals surface area contributed by atoms with Gasteiger partial charge in [0.1, 0.15) is 0 Å². The van der Waals surface area contributed by atoms with Gasteiger partial charge in [-0.05, 0) is 23.3 Å². The Hall–Kier alpha value is -2.51. The summed E-state index contributed by atoms with van der Waals surface area (Å²) in [6.45, 7) is 5.02. The van der Waals surface area contributed by atoms with Crippen LogP contribution in [0.25, 0.3) is 5.57 Å². The van der Waals surface area contributed by atoms with Crippen molar-refractivity contribution in [3.05, 3.63) is 107 Å². The molecule has 114 valence electrons. The highest BCUT2D eigenvalue weighted by molar-refractivity contribution is 6.32. The van der Waals surface area contributed by atoms with Gasteiger partial charge in [0.2, 0.25) is 0 Å². The van der Waals surface area contributed by atoms with E-state index in [0.29, 0.717) is 0 Å². The number of para-hydroxylation sites is 1. The van der Waals surface area contributed by atoms with E-state index in [9.17, 15) is 0 Å². The van der Waals surface area contributed by atoms with Crippen LogP contribution in [0.15, 0.2) is 85.4 Å². The van der Waals surface area contributed by atoms with Crippen molar-refractivity contribution < 1.29 is 0 Å². The predicted molar refractivity (Wildman–Crippen MR) is 99.8 cm³/mol. The maximum absolute atomic E-state index is 6.31. The van der Waals surface area contributed by atoms with Crippen molar-refractivity contribution in [1.82, 2.24) is 0 Å². The molecule has 0 spiro atoms. The number of benzene rings is 3. The third kappa shape index (κ3) is 3.64. The highest BCUT2D eigenvalue weighted by Gasteiger charge is 2.10. The van der Waals surface area contributed by atoms with Gasteiger partial charge >= 0.3 is 0 Å². The van der Waals surface area contributed by atoms with E-state index < -0.39 is 0 Å². The van der Waals surface area contributed by atoms with Gasteiger partial charge in [-0.25, -0.2) is 0 Å². The number of hydrogen-bond donors (Lipinski definition) is 1. The molecular formula is C21H18ClN. The quantitative estimate of drug-likeness (QED) is 0.607. The van der Waals surface area contributed by atoms with Crippen LogP contribution in [-0.2, 0) is 6.54 Å². The normalized spacial score (nSPS) is 10.3. The summed E-state index contributed by atoms with van der Waals surface area (Å²) < 4.78 is 0. The van der Waals surface area contributed by atoms with E-state index in [1.165, 1.54) is 5.56 Å². The van der Waals surface area contributed by atoms with Crippen molar-refractivity contribution in [3.63, 3.8) is 0 Å². The second-order valence-corrected chi connectivity index (χ2v) is 5.75. The van der Waals surface area contributed by atoms with E-state index >= 15 is 0 Å². The Labute approximate surface area is 142 Å². The Kier molecular flexibility index (Phi) is 4.80. The Morgan fingerprint density at radius 2 is 1.39 bits per heavy atom. The Bertz CT molecular complexity index is 809. The van der Waals surface area contributed by atoms with Crippen LogP contribution >= 0.6 is 11.6 Å². The van der Waals surface area contributed by atoms with Crippen molar-refractivity contribution in [2.24, 2.45) is 0 Å². The summed E-state index contributed by atoms with van der Waals surface area (Å²) in [6, 6.07) is 26.3. The number of nitrogens with one attached hydrogen (secondary N) is 1. The smallest absolute Gasteiger partial charge is 0.0484 e. The van der Waals surface area contributed by atoms with Gasteiger partial charge in [0.15, 0.2) is 0 Å². The Balaban J connectivity index is 1.86. The van der Waals surface area contributed by atoms with Crippen LogP contribution in [-0.4, -0.2) is 0 Å². The summed E-state index contributed by atoms with van der Waals surface area (Å²) in [7, 11) is 0. The molecule has 3 aromatic carbocycles. The molecule has 0 aliphatic carbocycles. The highest BCUT2D eigenvalue weighted by atomic mass is 35.5. The lowest BCUT2D eigenvalue weighted by atomic mass is 9.98. The van der Waals surface area contributed by atoms with Gasteiger partial charge in [0.25, 0.3) is 0 Å². The first-order chi connectivity index (χ1) is 11.3. The molecule has 0 aliphatic rings. The highest BCUT2D eigenvalue weighted by Crippen LogP contribution is 2.32. The standard InChI is InChI=1S/C21H18ClN/c1-16(18-11-5-7-13-20(18)22)19-12-6-8-14-21(19)23-15-17-9-3-2-4-10-17/h2-14,23H,1,15H2. The Morgan fingerprint density at radius 3 is 2.13 bits per heavy atom. The van der Waals surface area contributed by atoms with Crippen LogP contribution in [0.5, 0.6) is 0 Å². The molecule has 0 amide bonds. The molecule has 0 aromatic heterocycles. The monoisotopic (exact) mass is 319 g/mol. The van der Waals surface area contributed by atoms with E-state index in [1.54, 1.807) is 0 Å². The Morgan fingerprint density at radius 1 is 0.783 bits per heavy atom. The van der Waals surface area contributed by atoms with Crippen molar-refractivity contribution in [2.45, 2.75) is 6.54 Å². The third-order valence-corrected chi connectivity index (χ3v) is 4.11. The van der Waals surface area contributed by atoms with Crippen LogP contribution in [0.1, 0.15) is 16.7 Å². The molecule has 2 heteroatoms. The molecular weight excluding hydrogens is 302 g/mol. The number of rotatable bonds is 5. The zero-order chi connectivity index (χ0) is 16.1. The van der Waals surface area contributed by atoms with E-state index in [0.717, 1.165) is 34.0 Å². The SMILES string of the molecule is C=C(c1ccccc1Cl)c1ccccc1NCc1ccccc1. The summed E-state index contributed by atoms with van der Waals surface area (Å²) in [6.07, 6.45) is 0. The van der Waals surface area contributed by atoms with Gasteiger partial charge < -0.3 is 5.32 Å². The van der Waals surface area contributed by atoms with E-state index in [2.05, 4.69) is 36.2 Å². The molecule has 0 atom stereocenters. The second-order valence-electron chi connectivity index (χ2n) is 5.34. The molecule has 0 saturated heterocycles. The fraction of sp³-hybridized carbons (Fsp3) is 0.0476. The van der Waals surface area contributed by atoms with Crippen molar-refractivity contribution in [2.75, 3.05) is 5.32 Å². The number of halogens is 1. The first-order valence-electron chi connectivity index (χ1n) is 7.57. The van der Waals surface area contributed by atoms with Gasteiger partial charge in [-0.3, -0.25) is 0 Å². The molecule has 0 saturated carbocycles. The average Bonchev–Trinajstić information content (AvgIpc) is 2.61. The van der Waals surface area contributed by atoms with Crippen molar-refractivity contribution >= 4 is 22.9 Å². The molecule has 3 aromatic rings. The van der Waals surface area contributed by atoms with Crippen molar-refractivity contribution in [1.29, 1.82) is 0 Å². The summed E-state index contributed by atoms with van der Waals surface area (Å²) >= 11 is 6.31. The van der Waals surface area contributed by atoms with Crippen LogP contribution < -0.4 is 5.32 Å². The lowest BCUT2D eigenvalue weighted by Crippen LogP contribution is -2.02. The minimum absolute atomic E-state index is 0.718. The van der Waals surface area contributed by atoms with E-state index in [4.69, 9.17) is 11.6 Å². The van der Waals surface area contributed by atoms with Crippen LogP contribution in [0.3, 0.4) is 0 Å². The third-order valence-electron chi connectivity index (χ3n) is 3.78. The topological polar surface area (TPSA) is 12.0 Å². The molecule has 0 unspecified atom stereocenters. The average molecular weight is 320 g/mol. The van der Waals surface area contributed by atoms with Crippen LogP contribution in [0.2, 0.25) is 5.02 Å². The second kappa shape index (κ2) is 7.17. The van der Waals surface area contributed by atoms with Gasteiger partial charge in [-0.2, -0.15) is 0 Å². The lowest BCUT2D eigenvalue weighted by Gasteiger charge is -2.15. The largest absolute Gasteiger partial charge is 0.380 e. The first-order valence-corrected chi connectivity index (χ1v) is 7.94. The lowest BCUT2D eigenvalue weighted by molar-refractivity contribution is 1.15. The fourth-order valence-corrected chi connectivity index (χ4v) is 2.79. The molecule has 3 rings (SSSR count). The fourth-order valence-electron chi connectivity index (χ4n) is 2.54. The molecule has 0 aliphatic heterocycles. The van der Waals surface area contributed by atoms with Gasteiger partial charge in [0.05, 0.1) is 0 Å². The molecule has 23 heavy (non-hydrogen) atoms. The first kappa shape index (κ1) is 15.4. The zero-order valence-corrected chi connectivity index (χ0v) is 13.6. The molecule has 1 N–H and O–H groups in total. The molecule has 1 nitrogen and oxygen atoms in total. The van der Waals surface area contributed by atoms with Crippen molar-refractivity contribution in [3.8, 4) is 0 Å². The molecule has 0 bridgehead atoms. The number of anilines is 1. The summed E-state index contributed by atoms with van der Waals surface area (Å²) in [4.78, 5) is 0. The van der Waals surface area contributed by atoms with E-state index in [-0.39, 0.29) is 0 Å². The van der Waals surface area contributed by atoms with Gasteiger partial charge in [-0.1, -0.05) is 84.9 Å². The van der Waals surface area contributed by atoms with Crippen LogP contribution in [0.4, 0.5) is 5.69 Å².